The minimum atomic E-state index is -1.36. The van der Waals surface area contributed by atoms with Crippen molar-refractivity contribution in [3.8, 4) is 0 Å². The van der Waals surface area contributed by atoms with Crippen molar-refractivity contribution in [2.45, 2.75) is 25.4 Å². The number of carbonyl (C=O) groups excluding carboxylic acids is 2. The van der Waals surface area contributed by atoms with Crippen molar-refractivity contribution < 1.29 is 19.4 Å². The van der Waals surface area contributed by atoms with Gasteiger partial charge in [-0.05, 0) is 25.0 Å². The zero-order valence-corrected chi connectivity index (χ0v) is 14.2. The quantitative estimate of drug-likeness (QED) is 0.663. The second kappa shape index (κ2) is 7.47. The van der Waals surface area contributed by atoms with Gasteiger partial charge in [-0.3, -0.25) is 9.59 Å². The molecule has 6 heteroatoms. The van der Waals surface area contributed by atoms with E-state index in [9.17, 15) is 14.7 Å². The van der Waals surface area contributed by atoms with Crippen LogP contribution in [0.25, 0.3) is 0 Å². The summed E-state index contributed by atoms with van der Waals surface area (Å²) < 4.78 is 4.93. The summed E-state index contributed by atoms with van der Waals surface area (Å²) in [5, 5.41) is 10.9. The Kier molecular flexibility index (Phi) is 5.84. The molecule has 1 fully saturated rings. The molecule has 0 saturated heterocycles. The van der Waals surface area contributed by atoms with Crippen molar-refractivity contribution in [1.82, 2.24) is 0 Å². The molecule has 124 valence electrons. The van der Waals surface area contributed by atoms with Crippen molar-refractivity contribution >= 4 is 35.0 Å². The van der Waals surface area contributed by atoms with Crippen LogP contribution in [0, 0.1) is 11.8 Å². The van der Waals surface area contributed by atoms with Gasteiger partial charge < -0.3 is 9.84 Å². The molecule has 1 aromatic carbocycles. The summed E-state index contributed by atoms with van der Waals surface area (Å²) in [5.74, 6) is -2.60. The Morgan fingerprint density at radius 3 is 2.61 bits per heavy atom. The van der Waals surface area contributed by atoms with Crippen LogP contribution in [0.1, 0.15) is 25.3 Å². The third-order valence-corrected chi connectivity index (χ3v) is 4.26. The van der Waals surface area contributed by atoms with Crippen LogP contribution in [-0.2, 0) is 19.9 Å². The van der Waals surface area contributed by atoms with Gasteiger partial charge in [-0.2, -0.15) is 0 Å². The normalized spacial score (nSPS) is 27.4. The number of hydrogen-bond acceptors (Lipinski definition) is 4. The highest BCUT2D eigenvalue weighted by atomic mass is 35.5. The van der Waals surface area contributed by atoms with E-state index in [1.54, 1.807) is 31.2 Å². The Morgan fingerprint density at radius 1 is 1.39 bits per heavy atom. The van der Waals surface area contributed by atoms with Gasteiger partial charge in [0.1, 0.15) is 10.4 Å². The molecule has 0 spiro atoms. The van der Waals surface area contributed by atoms with E-state index in [0.717, 1.165) is 0 Å². The predicted octanol–water partition coefficient (Wildman–Crippen LogP) is 3.35. The number of esters is 1. The maximum absolute atomic E-state index is 12.5. The van der Waals surface area contributed by atoms with Crippen LogP contribution in [0.4, 0.5) is 0 Å². The number of ketones is 1. The highest BCUT2D eigenvalue weighted by Crippen LogP contribution is 2.42. The van der Waals surface area contributed by atoms with Gasteiger partial charge in [0.2, 0.25) is 0 Å². The highest BCUT2D eigenvalue weighted by molar-refractivity contribution is 6.55. The molecule has 0 amide bonds. The fourth-order valence-corrected chi connectivity index (χ4v) is 3.36. The van der Waals surface area contributed by atoms with Crippen molar-refractivity contribution in [3.63, 3.8) is 0 Å². The molecule has 2 rings (SSSR count). The van der Waals surface area contributed by atoms with Gasteiger partial charge in [-0.25, -0.2) is 0 Å². The first kappa shape index (κ1) is 18.0. The summed E-state index contributed by atoms with van der Waals surface area (Å²) in [4.78, 5) is 24.6. The van der Waals surface area contributed by atoms with Gasteiger partial charge in [0, 0.05) is 12.3 Å². The number of carbonyl (C=O) groups is 2. The van der Waals surface area contributed by atoms with E-state index in [1.165, 1.54) is 6.08 Å². The topological polar surface area (TPSA) is 63.6 Å². The lowest BCUT2D eigenvalue weighted by molar-refractivity contribution is -0.159. The molecular formula is C17H18Cl2O4. The lowest BCUT2D eigenvalue weighted by atomic mass is 9.68. The van der Waals surface area contributed by atoms with E-state index >= 15 is 0 Å². The average Bonchev–Trinajstić information content (AvgIpc) is 2.47. The monoisotopic (exact) mass is 356 g/mol. The Hall–Kier alpha value is -1.36. The maximum atomic E-state index is 12.5. The third kappa shape index (κ3) is 4.14. The minimum absolute atomic E-state index is 0.0468. The second-order valence-electron chi connectivity index (χ2n) is 5.59. The third-order valence-electron chi connectivity index (χ3n) is 4.01. The Bertz CT molecular complexity index is 610. The molecule has 23 heavy (non-hydrogen) atoms. The zero-order chi connectivity index (χ0) is 17.0. The SMILES string of the molecule is CCOC(=O)[C@@H]1C(=O)C[C@](O)(c2ccccc2)C[C@H]1C=C(Cl)Cl. The molecule has 0 bridgehead atoms. The predicted molar refractivity (Wildman–Crippen MR) is 88.0 cm³/mol. The van der Waals surface area contributed by atoms with Gasteiger partial charge in [0.15, 0.2) is 5.78 Å². The Balaban J connectivity index is 2.37. The van der Waals surface area contributed by atoms with Crippen molar-refractivity contribution in [3.05, 3.63) is 46.5 Å². The highest BCUT2D eigenvalue weighted by Gasteiger charge is 2.48. The molecule has 0 heterocycles. The van der Waals surface area contributed by atoms with Crippen LogP contribution in [0.3, 0.4) is 0 Å². The minimum Gasteiger partial charge on any atom is -0.465 e. The van der Waals surface area contributed by atoms with Crippen LogP contribution in [0.5, 0.6) is 0 Å². The number of benzene rings is 1. The summed E-state index contributed by atoms with van der Waals surface area (Å²) in [5.41, 5.74) is -0.731. The summed E-state index contributed by atoms with van der Waals surface area (Å²) in [7, 11) is 0. The molecule has 1 aromatic rings. The largest absolute Gasteiger partial charge is 0.465 e. The number of allylic oxidation sites excluding steroid dienone is 1. The average molecular weight is 357 g/mol. The summed E-state index contributed by atoms with van der Waals surface area (Å²) >= 11 is 11.5. The molecule has 1 aliphatic rings. The van der Waals surface area contributed by atoms with Crippen LogP contribution in [0.2, 0.25) is 0 Å². The van der Waals surface area contributed by atoms with Gasteiger partial charge in [0.05, 0.1) is 12.2 Å². The van der Waals surface area contributed by atoms with Gasteiger partial charge in [0.25, 0.3) is 0 Å². The van der Waals surface area contributed by atoms with E-state index in [2.05, 4.69) is 0 Å². The van der Waals surface area contributed by atoms with Crippen molar-refractivity contribution in [2.24, 2.45) is 11.8 Å². The standard InChI is InChI=1S/C17H18Cl2O4/c1-2-23-16(21)15-11(8-14(18)19)9-17(22,10-13(15)20)12-6-4-3-5-7-12/h3-8,11,15,22H,2,9-10H2,1H3/t11-,15+,17+/m1/s1. The molecule has 0 aromatic heterocycles. The molecule has 4 nitrogen and oxygen atoms in total. The summed E-state index contributed by atoms with van der Waals surface area (Å²) in [6.07, 6.45) is 1.44. The molecule has 0 radical (unpaired) electrons. The Morgan fingerprint density at radius 2 is 2.04 bits per heavy atom. The number of rotatable bonds is 4. The van der Waals surface area contributed by atoms with E-state index < -0.39 is 23.4 Å². The summed E-state index contributed by atoms with van der Waals surface area (Å²) in [6.45, 7) is 1.85. The number of hydrogen-bond donors (Lipinski definition) is 1. The van der Waals surface area contributed by atoms with Crippen LogP contribution in [-0.4, -0.2) is 23.5 Å². The van der Waals surface area contributed by atoms with Gasteiger partial charge in [-0.1, -0.05) is 53.5 Å². The lowest BCUT2D eigenvalue weighted by Crippen LogP contribution is -2.45. The molecule has 0 aliphatic heterocycles. The molecule has 1 N–H and O–H groups in total. The first-order valence-corrected chi connectivity index (χ1v) is 8.13. The van der Waals surface area contributed by atoms with Gasteiger partial charge in [-0.15, -0.1) is 0 Å². The lowest BCUT2D eigenvalue weighted by Gasteiger charge is -2.38. The van der Waals surface area contributed by atoms with E-state index in [1.807, 2.05) is 6.07 Å². The number of Topliss-reactive ketones (excluding diaryl/α,β-unsaturated/α-hetero) is 1. The fourth-order valence-electron chi connectivity index (χ4n) is 3.04. The first-order chi connectivity index (χ1) is 10.9. The zero-order valence-electron chi connectivity index (χ0n) is 12.7. The molecular weight excluding hydrogens is 339 g/mol. The number of aliphatic hydroxyl groups is 1. The summed E-state index contributed by atoms with van der Waals surface area (Å²) in [6, 6.07) is 8.90. The molecule has 3 atom stereocenters. The number of ether oxygens (including phenoxy) is 1. The van der Waals surface area contributed by atoms with E-state index in [-0.39, 0.29) is 29.7 Å². The van der Waals surface area contributed by atoms with Crippen LogP contribution in [0.15, 0.2) is 40.9 Å². The fraction of sp³-hybridized carbons (Fsp3) is 0.412. The van der Waals surface area contributed by atoms with Crippen LogP contribution >= 0.6 is 23.2 Å². The Labute approximate surface area is 145 Å². The van der Waals surface area contributed by atoms with E-state index in [0.29, 0.717) is 5.56 Å². The van der Waals surface area contributed by atoms with Gasteiger partial charge >= 0.3 is 5.97 Å². The van der Waals surface area contributed by atoms with Crippen molar-refractivity contribution in [1.29, 1.82) is 0 Å². The maximum Gasteiger partial charge on any atom is 0.317 e. The molecule has 1 aliphatic carbocycles. The molecule has 0 unspecified atom stereocenters. The second-order valence-corrected chi connectivity index (χ2v) is 6.60. The molecule has 1 saturated carbocycles. The smallest absolute Gasteiger partial charge is 0.317 e. The van der Waals surface area contributed by atoms with E-state index in [4.69, 9.17) is 27.9 Å². The van der Waals surface area contributed by atoms with Crippen molar-refractivity contribution in [2.75, 3.05) is 6.61 Å². The van der Waals surface area contributed by atoms with Crippen LogP contribution < -0.4 is 0 Å². The first-order valence-electron chi connectivity index (χ1n) is 7.37. The number of halogens is 2.